The SMILES string of the molecule is O=C(Nc1cnc(NCCc2ccccn2)c(Cl)c1)c1ccccc1-c1ccc(C(F)(F)F)cc1. The Labute approximate surface area is 205 Å². The number of aromatic nitrogens is 2. The van der Waals surface area contributed by atoms with Gasteiger partial charge in [0.1, 0.15) is 5.82 Å². The Bertz CT molecular complexity index is 1310. The van der Waals surface area contributed by atoms with Crippen LogP contribution in [0.15, 0.2) is 85.2 Å². The van der Waals surface area contributed by atoms with Crippen LogP contribution < -0.4 is 10.6 Å². The number of alkyl halides is 3. The number of rotatable bonds is 7. The Kier molecular flexibility index (Phi) is 7.31. The van der Waals surface area contributed by atoms with Crippen LogP contribution in [0.3, 0.4) is 0 Å². The van der Waals surface area contributed by atoms with Crippen LogP contribution in [0.25, 0.3) is 11.1 Å². The third-order valence-corrected chi connectivity index (χ3v) is 5.48. The second-order valence-electron chi connectivity index (χ2n) is 7.63. The minimum absolute atomic E-state index is 0.306. The van der Waals surface area contributed by atoms with Gasteiger partial charge in [-0.05, 0) is 47.5 Å². The van der Waals surface area contributed by atoms with Crippen LogP contribution >= 0.6 is 11.6 Å². The number of amides is 1. The van der Waals surface area contributed by atoms with Gasteiger partial charge in [-0.3, -0.25) is 9.78 Å². The second-order valence-corrected chi connectivity index (χ2v) is 8.03. The van der Waals surface area contributed by atoms with Crippen LogP contribution in [0.1, 0.15) is 21.6 Å². The Balaban J connectivity index is 1.45. The fourth-order valence-corrected chi connectivity index (χ4v) is 3.69. The predicted octanol–water partition coefficient (Wildman–Crippen LogP) is 6.72. The summed E-state index contributed by atoms with van der Waals surface area (Å²) in [5.41, 5.74) is 1.88. The third kappa shape index (κ3) is 6.16. The number of halogens is 4. The molecule has 2 N–H and O–H groups in total. The molecule has 0 atom stereocenters. The monoisotopic (exact) mass is 496 g/mol. The summed E-state index contributed by atoms with van der Waals surface area (Å²) < 4.78 is 38.7. The minimum Gasteiger partial charge on any atom is -0.368 e. The Morgan fingerprint density at radius 1 is 0.943 bits per heavy atom. The number of hydrogen-bond acceptors (Lipinski definition) is 4. The highest BCUT2D eigenvalue weighted by Crippen LogP contribution is 2.32. The minimum atomic E-state index is -4.43. The van der Waals surface area contributed by atoms with Gasteiger partial charge < -0.3 is 10.6 Å². The lowest BCUT2D eigenvalue weighted by Crippen LogP contribution is -2.14. The fraction of sp³-hybridized carbons (Fsp3) is 0.115. The molecule has 4 rings (SSSR count). The maximum atomic E-state index is 13.0. The lowest BCUT2D eigenvalue weighted by molar-refractivity contribution is -0.137. The predicted molar refractivity (Wildman–Crippen MR) is 131 cm³/mol. The molecule has 1 amide bonds. The molecule has 0 radical (unpaired) electrons. The maximum Gasteiger partial charge on any atom is 0.416 e. The molecule has 0 bridgehead atoms. The van der Waals surface area contributed by atoms with Crippen LogP contribution in [0.4, 0.5) is 24.7 Å². The highest BCUT2D eigenvalue weighted by atomic mass is 35.5. The van der Waals surface area contributed by atoms with Crippen LogP contribution in [-0.4, -0.2) is 22.4 Å². The number of anilines is 2. The smallest absolute Gasteiger partial charge is 0.368 e. The lowest BCUT2D eigenvalue weighted by atomic mass is 9.98. The maximum absolute atomic E-state index is 13.0. The molecular formula is C26H20ClF3N4O. The number of carbonyl (C=O) groups excluding carboxylic acids is 1. The first-order chi connectivity index (χ1) is 16.8. The number of nitrogens with zero attached hydrogens (tertiary/aromatic N) is 2. The molecule has 0 aliphatic rings. The first-order valence-electron chi connectivity index (χ1n) is 10.7. The molecule has 2 aromatic carbocycles. The quantitative estimate of drug-likeness (QED) is 0.298. The van der Waals surface area contributed by atoms with E-state index in [0.717, 1.165) is 17.8 Å². The van der Waals surface area contributed by atoms with Gasteiger partial charge in [-0.15, -0.1) is 0 Å². The van der Waals surface area contributed by atoms with Crippen LogP contribution in [0, 0.1) is 0 Å². The third-order valence-electron chi connectivity index (χ3n) is 5.19. The zero-order valence-corrected chi connectivity index (χ0v) is 19.1. The second kappa shape index (κ2) is 10.6. The molecule has 0 unspecified atom stereocenters. The van der Waals surface area contributed by atoms with Gasteiger partial charge in [0.15, 0.2) is 0 Å². The van der Waals surface area contributed by atoms with Crippen molar-refractivity contribution in [2.75, 3.05) is 17.2 Å². The summed E-state index contributed by atoms with van der Waals surface area (Å²) in [7, 11) is 0. The van der Waals surface area contributed by atoms with Crippen molar-refractivity contribution in [3.8, 4) is 11.1 Å². The van der Waals surface area contributed by atoms with Crippen molar-refractivity contribution >= 4 is 29.0 Å². The molecule has 0 saturated carbocycles. The molecule has 178 valence electrons. The van der Waals surface area contributed by atoms with Gasteiger partial charge >= 0.3 is 6.18 Å². The van der Waals surface area contributed by atoms with Crippen LogP contribution in [0.2, 0.25) is 5.02 Å². The van der Waals surface area contributed by atoms with Gasteiger partial charge in [-0.1, -0.05) is 48.0 Å². The number of benzene rings is 2. The van der Waals surface area contributed by atoms with E-state index < -0.39 is 17.6 Å². The van der Waals surface area contributed by atoms with E-state index in [1.807, 2.05) is 18.2 Å². The van der Waals surface area contributed by atoms with Crippen molar-refractivity contribution in [2.45, 2.75) is 12.6 Å². The molecule has 0 aliphatic carbocycles. The van der Waals surface area contributed by atoms with E-state index in [-0.39, 0.29) is 0 Å². The van der Waals surface area contributed by atoms with E-state index in [2.05, 4.69) is 20.6 Å². The molecule has 5 nitrogen and oxygen atoms in total. The van der Waals surface area contributed by atoms with Crippen molar-refractivity contribution in [1.82, 2.24) is 9.97 Å². The summed E-state index contributed by atoms with van der Waals surface area (Å²) >= 11 is 6.34. The van der Waals surface area contributed by atoms with Crippen molar-refractivity contribution in [2.24, 2.45) is 0 Å². The standard InChI is InChI=1S/C26H20ClF3N4O/c27-23-15-20(16-33-24(23)32-14-12-19-5-3-4-13-31-19)34-25(35)22-7-2-1-6-21(22)17-8-10-18(11-9-17)26(28,29)30/h1-11,13,15-16H,12,14H2,(H,32,33)(H,34,35). The topological polar surface area (TPSA) is 66.9 Å². The van der Waals surface area contributed by atoms with Crippen molar-refractivity contribution in [3.63, 3.8) is 0 Å². The van der Waals surface area contributed by atoms with Crippen LogP contribution in [0.5, 0.6) is 0 Å². The molecule has 2 aromatic heterocycles. The summed E-state index contributed by atoms with van der Waals surface area (Å²) in [5.74, 6) is 0.0416. The Hall–Kier alpha value is -3.91. The highest BCUT2D eigenvalue weighted by molar-refractivity contribution is 6.33. The number of carbonyl (C=O) groups is 1. The van der Waals surface area contributed by atoms with Crippen LogP contribution in [-0.2, 0) is 12.6 Å². The molecule has 0 spiro atoms. The average molecular weight is 497 g/mol. The zero-order valence-electron chi connectivity index (χ0n) is 18.3. The molecule has 9 heteroatoms. The molecule has 35 heavy (non-hydrogen) atoms. The number of nitrogens with one attached hydrogen (secondary N) is 2. The molecule has 2 heterocycles. The normalized spacial score (nSPS) is 11.2. The first-order valence-corrected chi connectivity index (χ1v) is 11.1. The Morgan fingerprint density at radius 3 is 2.37 bits per heavy atom. The molecule has 0 fully saturated rings. The number of hydrogen-bond donors (Lipinski definition) is 2. The van der Waals surface area contributed by atoms with E-state index in [9.17, 15) is 18.0 Å². The van der Waals surface area contributed by atoms with Gasteiger partial charge in [0, 0.05) is 30.4 Å². The van der Waals surface area contributed by atoms with Gasteiger partial charge in [-0.25, -0.2) is 4.98 Å². The van der Waals surface area contributed by atoms with Crippen molar-refractivity contribution < 1.29 is 18.0 Å². The summed E-state index contributed by atoms with van der Waals surface area (Å²) in [6, 6.07) is 18.6. The molecule has 4 aromatic rings. The summed E-state index contributed by atoms with van der Waals surface area (Å²) in [6.45, 7) is 0.579. The summed E-state index contributed by atoms with van der Waals surface area (Å²) in [4.78, 5) is 21.5. The lowest BCUT2D eigenvalue weighted by Gasteiger charge is -2.13. The van der Waals surface area contributed by atoms with E-state index in [1.54, 1.807) is 36.5 Å². The van der Waals surface area contributed by atoms with E-state index in [1.165, 1.54) is 18.3 Å². The number of pyridine rings is 2. The van der Waals surface area contributed by atoms with E-state index >= 15 is 0 Å². The first kappa shape index (κ1) is 24.2. The average Bonchev–Trinajstić information content (AvgIpc) is 2.85. The van der Waals surface area contributed by atoms with Gasteiger partial charge in [0.2, 0.25) is 0 Å². The highest BCUT2D eigenvalue weighted by Gasteiger charge is 2.30. The Morgan fingerprint density at radius 2 is 1.69 bits per heavy atom. The van der Waals surface area contributed by atoms with Crippen molar-refractivity contribution in [1.29, 1.82) is 0 Å². The van der Waals surface area contributed by atoms with Crippen molar-refractivity contribution in [3.05, 3.63) is 107 Å². The molecule has 0 saturated heterocycles. The van der Waals surface area contributed by atoms with Gasteiger partial charge in [0.25, 0.3) is 5.91 Å². The summed E-state index contributed by atoms with van der Waals surface area (Å²) in [5, 5.41) is 6.23. The van der Waals surface area contributed by atoms with Gasteiger partial charge in [0.05, 0.1) is 22.5 Å². The fourth-order valence-electron chi connectivity index (χ4n) is 3.46. The summed E-state index contributed by atoms with van der Waals surface area (Å²) in [6.07, 6.45) is -0.527. The van der Waals surface area contributed by atoms with E-state index in [0.29, 0.717) is 46.2 Å². The largest absolute Gasteiger partial charge is 0.416 e. The molecular weight excluding hydrogens is 477 g/mol. The molecule has 0 aliphatic heterocycles. The van der Waals surface area contributed by atoms with Gasteiger partial charge in [-0.2, -0.15) is 13.2 Å². The van der Waals surface area contributed by atoms with E-state index in [4.69, 9.17) is 11.6 Å². The zero-order chi connectivity index (χ0) is 24.8.